The summed E-state index contributed by atoms with van der Waals surface area (Å²) in [6, 6.07) is 5.90. The number of piperazine rings is 1. The molecule has 1 aromatic carbocycles. The van der Waals surface area contributed by atoms with Gasteiger partial charge in [-0.15, -0.1) is 0 Å². The number of aryl methyl sites for hydroxylation is 1. The van der Waals surface area contributed by atoms with Crippen molar-refractivity contribution < 1.29 is 4.74 Å². The van der Waals surface area contributed by atoms with Gasteiger partial charge in [0, 0.05) is 50.9 Å². The summed E-state index contributed by atoms with van der Waals surface area (Å²) in [4.78, 5) is 30.2. The topological polar surface area (TPSA) is 76.4 Å². The lowest BCUT2D eigenvalue weighted by Crippen LogP contribution is -2.47. The summed E-state index contributed by atoms with van der Waals surface area (Å²) in [5.41, 5.74) is 4.07. The second-order valence-electron chi connectivity index (χ2n) is 7.26. The van der Waals surface area contributed by atoms with Gasteiger partial charge in [0.05, 0.1) is 36.1 Å². The standard InChI is InChI=1S/C20H22N6O2/c1-24-13-23-18-10-14(2-3-15(18)20(24)27)25-5-7-26(8-6-25)19-16-11-28-9-4-17(16)21-12-22-19/h2-3,10,12-13H,4-9,11H2,1H3. The lowest BCUT2D eigenvalue weighted by molar-refractivity contribution is 0.109. The maximum Gasteiger partial charge on any atom is 0.260 e. The molecule has 3 aromatic rings. The number of hydrogen-bond donors (Lipinski definition) is 0. The Balaban J connectivity index is 1.36. The van der Waals surface area contributed by atoms with Crippen molar-refractivity contribution in [1.29, 1.82) is 0 Å². The molecule has 0 saturated carbocycles. The van der Waals surface area contributed by atoms with Crippen LogP contribution in [0.25, 0.3) is 10.9 Å². The first-order valence-electron chi connectivity index (χ1n) is 9.56. The molecular formula is C20H22N6O2. The largest absolute Gasteiger partial charge is 0.376 e. The monoisotopic (exact) mass is 378 g/mol. The number of nitrogens with zero attached hydrogens (tertiary/aromatic N) is 6. The lowest BCUT2D eigenvalue weighted by Gasteiger charge is -2.38. The Morgan fingerprint density at radius 3 is 2.71 bits per heavy atom. The van der Waals surface area contributed by atoms with E-state index in [0.29, 0.717) is 12.0 Å². The van der Waals surface area contributed by atoms with Crippen LogP contribution in [0.4, 0.5) is 11.5 Å². The Morgan fingerprint density at radius 2 is 1.86 bits per heavy atom. The van der Waals surface area contributed by atoms with Gasteiger partial charge in [-0.2, -0.15) is 0 Å². The molecule has 0 aliphatic carbocycles. The van der Waals surface area contributed by atoms with Crippen LogP contribution in [0.2, 0.25) is 0 Å². The van der Waals surface area contributed by atoms with Gasteiger partial charge < -0.3 is 19.1 Å². The first-order chi connectivity index (χ1) is 13.7. The second-order valence-corrected chi connectivity index (χ2v) is 7.26. The Bertz CT molecular complexity index is 1090. The molecular weight excluding hydrogens is 356 g/mol. The quantitative estimate of drug-likeness (QED) is 0.661. The van der Waals surface area contributed by atoms with Crippen molar-refractivity contribution >= 4 is 22.4 Å². The van der Waals surface area contributed by atoms with Crippen molar-refractivity contribution in [2.75, 3.05) is 42.6 Å². The molecule has 0 amide bonds. The SMILES string of the molecule is Cn1cnc2cc(N3CCN(c4ncnc5c4COCC5)CC3)ccc2c1=O. The predicted molar refractivity (Wildman–Crippen MR) is 107 cm³/mol. The highest BCUT2D eigenvalue weighted by Crippen LogP contribution is 2.27. The van der Waals surface area contributed by atoms with Gasteiger partial charge >= 0.3 is 0 Å². The zero-order chi connectivity index (χ0) is 19.1. The van der Waals surface area contributed by atoms with Crippen LogP contribution in [0.15, 0.2) is 35.6 Å². The Hall–Kier alpha value is -3.00. The molecule has 0 radical (unpaired) electrons. The summed E-state index contributed by atoms with van der Waals surface area (Å²) in [7, 11) is 1.72. The fraction of sp³-hybridized carbons (Fsp3) is 0.400. The molecule has 2 aliphatic heterocycles. The third-order valence-electron chi connectivity index (χ3n) is 5.59. The molecule has 0 bridgehead atoms. The minimum atomic E-state index is -0.0166. The maximum atomic E-state index is 12.2. The van der Waals surface area contributed by atoms with Crippen LogP contribution in [-0.4, -0.2) is 52.3 Å². The van der Waals surface area contributed by atoms with E-state index in [4.69, 9.17) is 4.74 Å². The van der Waals surface area contributed by atoms with Gasteiger partial charge in [-0.05, 0) is 18.2 Å². The molecule has 1 saturated heterocycles. The summed E-state index contributed by atoms with van der Waals surface area (Å²) in [6.07, 6.45) is 4.10. The second kappa shape index (κ2) is 6.87. The number of ether oxygens (including phenoxy) is 1. The third kappa shape index (κ3) is 2.90. The highest BCUT2D eigenvalue weighted by atomic mass is 16.5. The van der Waals surface area contributed by atoms with E-state index in [-0.39, 0.29) is 5.56 Å². The van der Waals surface area contributed by atoms with Crippen molar-refractivity contribution in [2.45, 2.75) is 13.0 Å². The first-order valence-corrected chi connectivity index (χ1v) is 9.56. The van der Waals surface area contributed by atoms with Crippen LogP contribution in [0.1, 0.15) is 11.3 Å². The summed E-state index contributed by atoms with van der Waals surface area (Å²) in [5.74, 6) is 1.01. The van der Waals surface area contributed by atoms with Crippen molar-refractivity contribution in [3.63, 3.8) is 0 Å². The number of benzene rings is 1. The van der Waals surface area contributed by atoms with Gasteiger partial charge in [0.1, 0.15) is 12.1 Å². The van der Waals surface area contributed by atoms with Crippen LogP contribution in [-0.2, 0) is 24.8 Å². The number of hydrogen-bond acceptors (Lipinski definition) is 7. The lowest BCUT2D eigenvalue weighted by atomic mass is 10.1. The van der Waals surface area contributed by atoms with E-state index >= 15 is 0 Å². The third-order valence-corrected chi connectivity index (χ3v) is 5.59. The predicted octanol–water partition coefficient (Wildman–Crippen LogP) is 1.12. The molecule has 2 aromatic heterocycles. The summed E-state index contributed by atoms with van der Waals surface area (Å²) < 4.78 is 7.13. The summed E-state index contributed by atoms with van der Waals surface area (Å²) >= 11 is 0. The molecule has 0 atom stereocenters. The molecule has 1 fully saturated rings. The molecule has 2 aliphatic rings. The minimum absolute atomic E-state index is 0.0166. The molecule has 8 heteroatoms. The van der Waals surface area contributed by atoms with E-state index in [9.17, 15) is 4.79 Å². The van der Waals surface area contributed by atoms with Crippen LogP contribution in [0.5, 0.6) is 0 Å². The maximum absolute atomic E-state index is 12.2. The summed E-state index contributed by atoms with van der Waals surface area (Å²) in [5, 5.41) is 0.653. The fourth-order valence-electron chi connectivity index (χ4n) is 3.99. The van der Waals surface area contributed by atoms with Crippen LogP contribution in [0, 0.1) is 0 Å². The van der Waals surface area contributed by atoms with E-state index in [1.165, 1.54) is 4.57 Å². The molecule has 144 valence electrons. The minimum Gasteiger partial charge on any atom is -0.376 e. The highest BCUT2D eigenvalue weighted by molar-refractivity contribution is 5.81. The van der Waals surface area contributed by atoms with E-state index in [1.54, 1.807) is 19.7 Å². The van der Waals surface area contributed by atoms with Crippen LogP contribution in [0.3, 0.4) is 0 Å². The number of anilines is 2. The molecule has 0 spiro atoms. The number of aromatic nitrogens is 4. The molecule has 0 N–H and O–H groups in total. The fourth-order valence-corrected chi connectivity index (χ4v) is 3.99. The average Bonchev–Trinajstić information content (AvgIpc) is 2.76. The van der Waals surface area contributed by atoms with Crippen molar-refractivity contribution in [3.8, 4) is 0 Å². The van der Waals surface area contributed by atoms with E-state index in [2.05, 4.69) is 24.8 Å². The van der Waals surface area contributed by atoms with Gasteiger partial charge in [0.25, 0.3) is 5.56 Å². The van der Waals surface area contributed by atoms with Gasteiger partial charge in [-0.25, -0.2) is 15.0 Å². The molecule has 8 nitrogen and oxygen atoms in total. The Kier molecular flexibility index (Phi) is 4.20. The number of fused-ring (bicyclic) bond motifs is 2. The first kappa shape index (κ1) is 17.1. The normalized spacial score (nSPS) is 17.0. The van der Waals surface area contributed by atoms with Crippen LogP contribution >= 0.6 is 0 Å². The average molecular weight is 378 g/mol. The van der Waals surface area contributed by atoms with Crippen LogP contribution < -0.4 is 15.4 Å². The summed E-state index contributed by atoms with van der Waals surface area (Å²) in [6.45, 7) is 4.86. The van der Waals surface area contributed by atoms with E-state index in [1.807, 2.05) is 18.2 Å². The Labute approximate surface area is 162 Å². The van der Waals surface area contributed by atoms with Crippen molar-refractivity contribution in [3.05, 3.63) is 52.5 Å². The van der Waals surface area contributed by atoms with Gasteiger partial charge in [0.15, 0.2) is 0 Å². The molecule has 0 unspecified atom stereocenters. The van der Waals surface area contributed by atoms with Gasteiger partial charge in [-0.3, -0.25) is 4.79 Å². The molecule has 28 heavy (non-hydrogen) atoms. The smallest absolute Gasteiger partial charge is 0.260 e. The number of rotatable bonds is 2. The van der Waals surface area contributed by atoms with E-state index in [0.717, 1.165) is 67.5 Å². The Morgan fingerprint density at radius 1 is 1.04 bits per heavy atom. The van der Waals surface area contributed by atoms with E-state index < -0.39 is 0 Å². The zero-order valence-electron chi connectivity index (χ0n) is 15.8. The van der Waals surface area contributed by atoms with Crippen molar-refractivity contribution in [2.24, 2.45) is 7.05 Å². The zero-order valence-corrected chi connectivity index (χ0v) is 15.8. The highest BCUT2D eigenvalue weighted by Gasteiger charge is 2.24. The molecule has 5 rings (SSSR count). The van der Waals surface area contributed by atoms with Gasteiger partial charge in [-0.1, -0.05) is 0 Å². The van der Waals surface area contributed by atoms with Gasteiger partial charge in [0.2, 0.25) is 0 Å². The van der Waals surface area contributed by atoms with Crippen molar-refractivity contribution in [1.82, 2.24) is 19.5 Å². The molecule has 4 heterocycles.